The lowest BCUT2D eigenvalue weighted by Gasteiger charge is -2.33. The van der Waals surface area contributed by atoms with E-state index in [1.807, 2.05) is 24.3 Å². The topological polar surface area (TPSA) is 41.6 Å². The number of hydrogen-bond donors (Lipinski definition) is 1. The lowest BCUT2D eigenvalue weighted by atomic mass is 10.0. The fourth-order valence-corrected chi connectivity index (χ4v) is 3.17. The molecule has 1 unspecified atom stereocenters. The predicted octanol–water partition coefficient (Wildman–Crippen LogP) is 3.01. The lowest BCUT2D eigenvalue weighted by molar-refractivity contribution is -0.121. The molecular formula is C19H30N2O2. The number of nitrogens with one attached hydrogen (secondary N) is 1. The number of aryl methyl sites for hydroxylation is 1. The van der Waals surface area contributed by atoms with Gasteiger partial charge >= 0.3 is 0 Å². The molecule has 4 heteroatoms. The minimum atomic E-state index is 0.138. The Morgan fingerprint density at radius 3 is 3.04 bits per heavy atom. The molecule has 128 valence electrons. The van der Waals surface area contributed by atoms with Crippen molar-refractivity contribution < 1.29 is 9.53 Å². The van der Waals surface area contributed by atoms with Crippen LogP contribution in [0.1, 0.15) is 44.6 Å². The Kier molecular flexibility index (Phi) is 7.40. The van der Waals surface area contributed by atoms with Gasteiger partial charge in [-0.1, -0.05) is 18.6 Å². The second-order valence-electron chi connectivity index (χ2n) is 6.44. The highest BCUT2D eigenvalue weighted by atomic mass is 16.5. The van der Waals surface area contributed by atoms with Crippen LogP contribution in [0.4, 0.5) is 0 Å². The van der Waals surface area contributed by atoms with E-state index in [0.717, 1.165) is 37.2 Å². The van der Waals surface area contributed by atoms with Crippen molar-refractivity contribution in [2.24, 2.45) is 0 Å². The molecule has 4 nitrogen and oxygen atoms in total. The Morgan fingerprint density at radius 2 is 2.26 bits per heavy atom. The number of benzene rings is 1. The van der Waals surface area contributed by atoms with Crippen LogP contribution in [0.3, 0.4) is 0 Å². The first-order valence-electron chi connectivity index (χ1n) is 8.82. The van der Waals surface area contributed by atoms with Gasteiger partial charge in [0.05, 0.1) is 7.11 Å². The van der Waals surface area contributed by atoms with Crippen molar-refractivity contribution in [1.29, 1.82) is 0 Å². The first-order valence-corrected chi connectivity index (χ1v) is 8.82. The molecule has 0 aromatic heterocycles. The molecule has 0 aliphatic carbocycles. The van der Waals surface area contributed by atoms with Crippen LogP contribution >= 0.6 is 0 Å². The van der Waals surface area contributed by atoms with Gasteiger partial charge < -0.3 is 15.0 Å². The molecule has 1 atom stereocenters. The molecule has 0 radical (unpaired) electrons. The van der Waals surface area contributed by atoms with E-state index in [-0.39, 0.29) is 5.91 Å². The highest BCUT2D eigenvalue weighted by Gasteiger charge is 2.17. The van der Waals surface area contributed by atoms with Crippen molar-refractivity contribution in [1.82, 2.24) is 10.2 Å². The molecule has 0 bridgehead atoms. The molecule has 1 saturated heterocycles. The number of rotatable bonds is 8. The third-order valence-corrected chi connectivity index (χ3v) is 4.66. The van der Waals surface area contributed by atoms with Crippen molar-refractivity contribution in [2.45, 2.75) is 51.5 Å². The Labute approximate surface area is 140 Å². The minimum Gasteiger partial charge on any atom is -0.497 e. The van der Waals surface area contributed by atoms with Gasteiger partial charge in [0.1, 0.15) is 5.75 Å². The van der Waals surface area contributed by atoms with Gasteiger partial charge in [0, 0.05) is 25.6 Å². The molecule has 0 saturated carbocycles. The number of carbonyl (C=O) groups excluding carboxylic acids is 1. The number of nitrogens with zero attached hydrogens (tertiary/aromatic N) is 1. The highest BCUT2D eigenvalue weighted by Crippen LogP contribution is 2.16. The number of carbonyl (C=O) groups is 1. The monoisotopic (exact) mass is 318 g/mol. The SMILES string of the molecule is COc1cccc(CCC(=O)NCCCN2CCCCC2C)c1. The van der Waals surface area contributed by atoms with Crippen LogP contribution in [0.25, 0.3) is 0 Å². The van der Waals surface area contributed by atoms with E-state index < -0.39 is 0 Å². The Balaban J connectivity index is 1.59. The second kappa shape index (κ2) is 9.56. The number of methoxy groups -OCH3 is 1. The minimum absolute atomic E-state index is 0.138. The maximum absolute atomic E-state index is 11.9. The zero-order valence-corrected chi connectivity index (χ0v) is 14.5. The van der Waals surface area contributed by atoms with E-state index in [2.05, 4.69) is 17.1 Å². The first kappa shape index (κ1) is 17.8. The van der Waals surface area contributed by atoms with E-state index in [1.165, 1.54) is 25.8 Å². The molecule has 23 heavy (non-hydrogen) atoms. The third kappa shape index (κ3) is 6.22. The number of hydrogen-bond acceptors (Lipinski definition) is 3. The zero-order chi connectivity index (χ0) is 16.5. The van der Waals surface area contributed by atoms with E-state index in [9.17, 15) is 4.79 Å². The molecule has 1 N–H and O–H groups in total. The summed E-state index contributed by atoms with van der Waals surface area (Å²) >= 11 is 0. The number of likely N-dealkylation sites (tertiary alicyclic amines) is 1. The molecule has 1 fully saturated rings. The van der Waals surface area contributed by atoms with Crippen molar-refractivity contribution in [3.63, 3.8) is 0 Å². The fraction of sp³-hybridized carbons (Fsp3) is 0.632. The second-order valence-corrected chi connectivity index (χ2v) is 6.44. The average molecular weight is 318 g/mol. The molecular weight excluding hydrogens is 288 g/mol. The molecule has 2 rings (SSSR count). The predicted molar refractivity (Wildman–Crippen MR) is 93.8 cm³/mol. The van der Waals surface area contributed by atoms with Crippen LogP contribution in [0.2, 0.25) is 0 Å². The summed E-state index contributed by atoms with van der Waals surface area (Å²) in [5.74, 6) is 0.984. The van der Waals surface area contributed by atoms with E-state index >= 15 is 0 Å². The molecule has 1 aliphatic rings. The Morgan fingerprint density at radius 1 is 1.39 bits per heavy atom. The van der Waals surface area contributed by atoms with Gasteiger partial charge in [-0.25, -0.2) is 0 Å². The smallest absolute Gasteiger partial charge is 0.220 e. The van der Waals surface area contributed by atoms with E-state index in [1.54, 1.807) is 7.11 Å². The quantitative estimate of drug-likeness (QED) is 0.749. The van der Waals surface area contributed by atoms with Gasteiger partial charge in [0.2, 0.25) is 5.91 Å². The largest absolute Gasteiger partial charge is 0.497 e. The third-order valence-electron chi connectivity index (χ3n) is 4.66. The molecule has 1 amide bonds. The van der Waals surface area contributed by atoms with Crippen molar-refractivity contribution in [3.8, 4) is 5.75 Å². The summed E-state index contributed by atoms with van der Waals surface area (Å²) in [4.78, 5) is 14.5. The molecule has 1 aromatic rings. The summed E-state index contributed by atoms with van der Waals surface area (Å²) in [6, 6.07) is 8.61. The fourth-order valence-electron chi connectivity index (χ4n) is 3.17. The van der Waals surface area contributed by atoms with Gasteiger partial charge in [-0.15, -0.1) is 0 Å². The standard InChI is InChI=1S/C19H30N2O2/c1-16-7-3-4-13-21(16)14-6-12-20-19(22)11-10-17-8-5-9-18(15-17)23-2/h5,8-9,15-16H,3-4,6-7,10-14H2,1-2H3,(H,20,22). The Bertz CT molecular complexity index is 490. The van der Waals surface area contributed by atoms with Crippen molar-refractivity contribution in [2.75, 3.05) is 26.7 Å². The summed E-state index contributed by atoms with van der Waals surface area (Å²) in [7, 11) is 1.66. The zero-order valence-electron chi connectivity index (χ0n) is 14.5. The number of piperidine rings is 1. The van der Waals surface area contributed by atoms with Gasteiger partial charge in [-0.3, -0.25) is 4.79 Å². The summed E-state index contributed by atoms with van der Waals surface area (Å²) in [5.41, 5.74) is 1.14. The number of ether oxygens (including phenoxy) is 1. The van der Waals surface area contributed by atoms with Crippen LogP contribution in [-0.2, 0) is 11.2 Å². The van der Waals surface area contributed by atoms with E-state index in [4.69, 9.17) is 4.74 Å². The van der Waals surface area contributed by atoms with Crippen LogP contribution in [0.5, 0.6) is 5.75 Å². The Hall–Kier alpha value is -1.55. The van der Waals surface area contributed by atoms with Gasteiger partial charge in [0.15, 0.2) is 0 Å². The van der Waals surface area contributed by atoms with E-state index in [0.29, 0.717) is 12.5 Å². The first-order chi connectivity index (χ1) is 11.2. The summed E-state index contributed by atoms with van der Waals surface area (Å²) < 4.78 is 5.20. The number of amides is 1. The highest BCUT2D eigenvalue weighted by molar-refractivity contribution is 5.76. The average Bonchev–Trinajstić information content (AvgIpc) is 2.58. The van der Waals surface area contributed by atoms with Gasteiger partial charge in [0.25, 0.3) is 0 Å². The lowest BCUT2D eigenvalue weighted by Crippen LogP contribution is -2.39. The maximum atomic E-state index is 11.9. The van der Waals surface area contributed by atoms with Crippen LogP contribution < -0.4 is 10.1 Å². The normalized spacial score (nSPS) is 18.6. The van der Waals surface area contributed by atoms with Crippen LogP contribution in [-0.4, -0.2) is 43.6 Å². The van der Waals surface area contributed by atoms with Gasteiger partial charge in [-0.05, 0) is 56.8 Å². The summed E-state index contributed by atoms with van der Waals surface area (Å²) in [5, 5.41) is 3.04. The molecule has 1 aliphatic heterocycles. The molecule has 1 aromatic carbocycles. The summed E-state index contributed by atoms with van der Waals surface area (Å²) in [6.07, 6.45) is 6.32. The summed E-state index contributed by atoms with van der Waals surface area (Å²) in [6.45, 7) is 5.40. The molecule has 0 spiro atoms. The maximum Gasteiger partial charge on any atom is 0.220 e. The van der Waals surface area contributed by atoms with Gasteiger partial charge in [-0.2, -0.15) is 0 Å². The van der Waals surface area contributed by atoms with Crippen molar-refractivity contribution >= 4 is 5.91 Å². The van der Waals surface area contributed by atoms with Crippen molar-refractivity contribution in [3.05, 3.63) is 29.8 Å². The molecule has 1 heterocycles. The van der Waals surface area contributed by atoms with Crippen LogP contribution in [0.15, 0.2) is 24.3 Å². The van der Waals surface area contributed by atoms with Crippen LogP contribution in [0, 0.1) is 0 Å².